The van der Waals surface area contributed by atoms with Gasteiger partial charge in [-0.2, -0.15) is 0 Å². The number of hydrogen-bond acceptors (Lipinski definition) is 4. The van der Waals surface area contributed by atoms with Gasteiger partial charge in [0.1, 0.15) is 18.0 Å². The van der Waals surface area contributed by atoms with Crippen molar-refractivity contribution in [2.75, 3.05) is 28.3 Å². The van der Waals surface area contributed by atoms with Crippen LogP contribution in [0.25, 0.3) is 0 Å². The summed E-state index contributed by atoms with van der Waals surface area (Å²) in [4.78, 5) is 25.3. The summed E-state index contributed by atoms with van der Waals surface area (Å²) in [5, 5.41) is 2.42. The maximum absolute atomic E-state index is 13.8. The monoisotopic (exact) mass is 326 g/mol. The third-order valence-electron chi connectivity index (χ3n) is 3.94. The summed E-state index contributed by atoms with van der Waals surface area (Å²) in [5.41, 5.74) is 0.302. The Labute approximate surface area is 127 Å². The van der Waals surface area contributed by atoms with Crippen molar-refractivity contribution in [3.63, 3.8) is 0 Å². The van der Waals surface area contributed by atoms with Gasteiger partial charge in [0.2, 0.25) is 11.8 Å². The number of halogens is 1. The molecule has 2 aliphatic rings. The van der Waals surface area contributed by atoms with E-state index in [2.05, 4.69) is 5.32 Å². The Morgan fingerprint density at radius 1 is 1.41 bits per heavy atom. The number of anilines is 2. The Kier molecular flexibility index (Phi) is 3.64. The van der Waals surface area contributed by atoms with Crippen LogP contribution in [0.3, 0.4) is 0 Å². The number of carbonyl (C=O) groups excluding carboxylic acids is 2. The quantitative estimate of drug-likeness (QED) is 0.876. The molecule has 0 saturated carbocycles. The average Bonchev–Trinajstić information content (AvgIpc) is 2.78. The molecule has 1 aromatic rings. The molecule has 0 radical (unpaired) electrons. The zero-order valence-corrected chi connectivity index (χ0v) is 12.5. The first-order valence-corrected chi connectivity index (χ1v) is 8.77. The summed E-state index contributed by atoms with van der Waals surface area (Å²) < 4.78 is 36.7. The molecule has 118 valence electrons. The minimum atomic E-state index is -3.06. The van der Waals surface area contributed by atoms with Gasteiger partial charge in [0.15, 0.2) is 9.84 Å². The van der Waals surface area contributed by atoms with Gasteiger partial charge in [-0.3, -0.25) is 9.59 Å². The first-order chi connectivity index (χ1) is 10.4. The highest BCUT2D eigenvalue weighted by atomic mass is 32.2. The molecule has 1 N–H and O–H groups in total. The van der Waals surface area contributed by atoms with E-state index in [0.29, 0.717) is 12.1 Å². The fourth-order valence-corrected chi connectivity index (χ4v) is 4.74. The maximum atomic E-state index is 13.8. The first kappa shape index (κ1) is 15.0. The van der Waals surface area contributed by atoms with Crippen LogP contribution in [0.2, 0.25) is 0 Å². The molecule has 2 heterocycles. The number of amides is 2. The number of nitrogens with zero attached hydrogens (tertiary/aromatic N) is 1. The third kappa shape index (κ3) is 2.83. The van der Waals surface area contributed by atoms with Gasteiger partial charge in [-0.15, -0.1) is 0 Å². The van der Waals surface area contributed by atoms with Crippen LogP contribution < -0.4 is 10.2 Å². The van der Waals surface area contributed by atoms with Crippen molar-refractivity contribution >= 4 is 33.0 Å². The van der Waals surface area contributed by atoms with Crippen LogP contribution in [0.15, 0.2) is 18.2 Å². The first-order valence-electron chi connectivity index (χ1n) is 6.95. The van der Waals surface area contributed by atoms with Crippen LogP contribution in [0.5, 0.6) is 0 Å². The van der Waals surface area contributed by atoms with E-state index >= 15 is 0 Å². The minimum Gasteiger partial charge on any atom is -0.320 e. The van der Waals surface area contributed by atoms with Gasteiger partial charge in [0.05, 0.1) is 17.2 Å². The van der Waals surface area contributed by atoms with Gasteiger partial charge in [0, 0.05) is 6.42 Å². The molecule has 22 heavy (non-hydrogen) atoms. The number of rotatable bonds is 2. The van der Waals surface area contributed by atoms with Crippen LogP contribution in [0.4, 0.5) is 15.8 Å². The van der Waals surface area contributed by atoms with Crippen molar-refractivity contribution in [1.29, 1.82) is 0 Å². The second-order valence-corrected chi connectivity index (χ2v) is 7.86. The van der Waals surface area contributed by atoms with Gasteiger partial charge in [-0.05, 0) is 24.5 Å². The fourth-order valence-electron chi connectivity index (χ4n) is 2.88. The molecule has 6 nitrogen and oxygen atoms in total. The van der Waals surface area contributed by atoms with Crippen molar-refractivity contribution in [2.24, 2.45) is 5.92 Å². The summed E-state index contributed by atoms with van der Waals surface area (Å²) in [6.07, 6.45) is 0.493. The summed E-state index contributed by atoms with van der Waals surface area (Å²) in [5.74, 6) is -1.58. The Morgan fingerprint density at radius 2 is 2.18 bits per heavy atom. The molecule has 3 rings (SSSR count). The fraction of sp³-hybridized carbons (Fsp3) is 0.429. The molecule has 2 aliphatic heterocycles. The van der Waals surface area contributed by atoms with Gasteiger partial charge in [-0.25, -0.2) is 12.8 Å². The second-order valence-electron chi connectivity index (χ2n) is 5.64. The zero-order valence-electron chi connectivity index (χ0n) is 11.7. The van der Waals surface area contributed by atoms with Crippen molar-refractivity contribution in [3.8, 4) is 0 Å². The number of benzene rings is 1. The molecular formula is C14H15FN2O4S. The normalized spacial score (nSPS) is 23.0. The lowest BCUT2D eigenvalue weighted by molar-refractivity contribution is -0.122. The molecule has 8 heteroatoms. The van der Waals surface area contributed by atoms with E-state index in [4.69, 9.17) is 0 Å². The maximum Gasteiger partial charge on any atom is 0.244 e. The minimum absolute atomic E-state index is 0.00517. The second kappa shape index (κ2) is 5.35. The topological polar surface area (TPSA) is 83.6 Å². The number of nitrogens with one attached hydrogen (secondary N) is 1. The summed E-state index contributed by atoms with van der Waals surface area (Å²) >= 11 is 0. The predicted octanol–water partition coefficient (Wildman–Crippen LogP) is 0.936. The molecule has 0 aromatic heterocycles. The Balaban J connectivity index is 1.82. The predicted molar refractivity (Wildman–Crippen MR) is 78.8 cm³/mol. The molecule has 0 bridgehead atoms. The van der Waals surface area contributed by atoms with Gasteiger partial charge in [0.25, 0.3) is 0 Å². The number of hydrogen-bond donors (Lipinski definition) is 1. The molecule has 1 atom stereocenters. The lowest BCUT2D eigenvalue weighted by Crippen LogP contribution is -2.43. The van der Waals surface area contributed by atoms with Gasteiger partial charge in [-0.1, -0.05) is 6.07 Å². The van der Waals surface area contributed by atoms with Crippen LogP contribution in [-0.4, -0.2) is 38.3 Å². The molecular weight excluding hydrogens is 311 g/mol. The van der Waals surface area contributed by atoms with Crippen LogP contribution in [0.1, 0.15) is 12.8 Å². The van der Waals surface area contributed by atoms with E-state index in [1.165, 1.54) is 17.0 Å². The van der Waals surface area contributed by atoms with E-state index in [-0.39, 0.29) is 42.0 Å². The number of para-hydroxylation sites is 1. The molecule has 1 aromatic carbocycles. The summed E-state index contributed by atoms with van der Waals surface area (Å²) in [7, 11) is -3.06. The van der Waals surface area contributed by atoms with Crippen molar-refractivity contribution in [2.45, 2.75) is 12.8 Å². The highest BCUT2D eigenvalue weighted by Gasteiger charge is 2.33. The largest absolute Gasteiger partial charge is 0.320 e. The molecule has 1 unspecified atom stereocenters. The number of fused-ring (bicyclic) bond motifs is 1. The molecule has 1 fully saturated rings. The summed E-state index contributed by atoms with van der Waals surface area (Å²) in [6.45, 7) is -0.186. The van der Waals surface area contributed by atoms with Crippen LogP contribution in [0, 0.1) is 11.7 Å². The number of sulfone groups is 1. The Hall–Kier alpha value is -1.96. The van der Waals surface area contributed by atoms with Crippen molar-refractivity contribution in [1.82, 2.24) is 0 Å². The lowest BCUT2D eigenvalue weighted by atomic mass is 10.0. The average molecular weight is 326 g/mol. The van der Waals surface area contributed by atoms with Gasteiger partial charge < -0.3 is 10.2 Å². The molecule has 0 spiro atoms. The van der Waals surface area contributed by atoms with E-state index in [9.17, 15) is 22.4 Å². The smallest absolute Gasteiger partial charge is 0.244 e. The third-order valence-corrected chi connectivity index (χ3v) is 5.78. The summed E-state index contributed by atoms with van der Waals surface area (Å²) in [6, 6.07) is 4.23. The molecule has 2 amide bonds. The molecule has 0 aliphatic carbocycles. The highest BCUT2D eigenvalue weighted by Crippen LogP contribution is 2.33. The van der Waals surface area contributed by atoms with E-state index in [1.807, 2.05) is 0 Å². The van der Waals surface area contributed by atoms with Crippen LogP contribution in [-0.2, 0) is 19.4 Å². The number of carbonyl (C=O) groups is 2. The van der Waals surface area contributed by atoms with Crippen molar-refractivity contribution < 1.29 is 22.4 Å². The van der Waals surface area contributed by atoms with Crippen LogP contribution >= 0.6 is 0 Å². The molecule has 1 saturated heterocycles. The van der Waals surface area contributed by atoms with Gasteiger partial charge >= 0.3 is 0 Å². The Morgan fingerprint density at radius 3 is 2.86 bits per heavy atom. The van der Waals surface area contributed by atoms with E-state index in [1.54, 1.807) is 6.07 Å². The highest BCUT2D eigenvalue weighted by molar-refractivity contribution is 7.91. The zero-order chi connectivity index (χ0) is 15.9. The Bertz CT molecular complexity index is 747. The van der Waals surface area contributed by atoms with Crippen molar-refractivity contribution in [3.05, 3.63) is 24.0 Å². The standard InChI is InChI=1S/C14H15FN2O4S/c15-10-2-1-3-11-14(10)16-12(18)7-17(11)13(19)6-9-4-5-22(20,21)8-9/h1-3,9H,4-8H2,(H,16,18). The SMILES string of the molecule is O=C1CN(C(=O)CC2CCS(=O)(=O)C2)c2cccc(F)c2N1. The van der Waals surface area contributed by atoms with E-state index < -0.39 is 21.6 Å². The lowest BCUT2D eigenvalue weighted by Gasteiger charge is -2.30. The van der Waals surface area contributed by atoms with E-state index in [0.717, 1.165) is 0 Å².